The lowest BCUT2D eigenvalue weighted by atomic mass is 9.86. The van der Waals surface area contributed by atoms with Gasteiger partial charge in [0.1, 0.15) is 0 Å². The zero-order valence-electron chi connectivity index (χ0n) is 18.2. The first-order chi connectivity index (χ1) is 14.6. The van der Waals surface area contributed by atoms with Crippen LogP contribution >= 0.6 is 0 Å². The second-order valence-electron chi connectivity index (χ2n) is 8.57. The molecule has 0 saturated heterocycles. The van der Waals surface area contributed by atoms with Gasteiger partial charge >= 0.3 is 0 Å². The van der Waals surface area contributed by atoms with E-state index in [0.29, 0.717) is 5.69 Å². The Morgan fingerprint density at radius 2 is 1.52 bits per heavy atom. The Balaban J connectivity index is 1.74. The summed E-state index contributed by atoms with van der Waals surface area (Å²) >= 11 is 0. The minimum absolute atomic E-state index is 0.0335. The lowest BCUT2D eigenvalue weighted by Crippen LogP contribution is -2.27. The van der Waals surface area contributed by atoms with E-state index in [1.807, 2.05) is 19.1 Å². The molecule has 6 heteroatoms. The summed E-state index contributed by atoms with van der Waals surface area (Å²) in [5.41, 5.74) is 3.01. The molecule has 162 valence electrons. The number of nitrogens with one attached hydrogen (secondary N) is 2. The molecule has 31 heavy (non-hydrogen) atoms. The Bertz CT molecular complexity index is 1150. The Labute approximate surface area is 184 Å². The van der Waals surface area contributed by atoms with Crippen molar-refractivity contribution >= 4 is 21.6 Å². The van der Waals surface area contributed by atoms with Gasteiger partial charge in [0.05, 0.1) is 10.9 Å². The first-order valence-corrected chi connectivity index (χ1v) is 11.6. The topological polar surface area (TPSA) is 75.3 Å². The summed E-state index contributed by atoms with van der Waals surface area (Å²) in [5.74, 6) is -0.329. The largest absolute Gasteiger partial charge is 0.346 e. The molecule has 0 heterocycles. The van der Waals surface area contributed by atoms with Gasteiger partial charge in [-0.05, 0) is 53.8 Å². The fourth-order valence-electron chi connectivity index (χ4n) is 3.16. The molecule has 5 nitrogen and oxygen atoms in total. The minimum atomic E-state index is -3.80. The van der Waals surface area contributed by atoms with Crippen LogP contribution < -0.4 is 10.0 Å². The van der Waals surface area contributed by atoms with E-state index < -0.39 is 10.0 Å². The quantitative estimate of drug-likeness (QED) is 0.552. The predicted octanol–water partition coefficient (Wildman–Crippen LogP) is 5.28. The Kier molecular flexibility index (Phi) is 6.51. The van der Waals surface area contributed by atoms with Crippen LogP contribution in [0.25, 0.3) is 0 Å². The van der Waals surface area contributed by atoms with E-state index in [0.717, 1.165) is 5.56 Å². The molecule has 0 bridgehead atoms. The third kappa shape index (κ3) is 5.73. The van der Waals surface area contributed by atoms with Crippen LogP contribution in [0.2, 0.25) is 0 Å². The number of rotatable bonds is 6. The number of para-hydroxylation sites is 1. The van der Waals surface area contributed by atoms with Gasteiger partial charge in [-0.15, -0.1) is 0 Å². The summed E-state index contributed by atoms with van der Waals surface area (Å²) in [6.07, 6.45) is 0. The molecule has 3 aromatic rings. The van der Waals surface area contributed by atoms with Gasteiger partial charge in [0.25, 0.3) is 15.9 Å². The number of sulfonamides is 1. The maximum Gasteiger partial charge on any atom is 0.261 e. The van der Waals surface area contributed by atoms with E-state index in [4.69, 9.17) is 0 Å². The molecule has 0 aliphatic carbocycles. The highest BCUT2D eigenvalue weighted by Gasteiger charge is 2.18. The Morgan fingerprint density at radius 3 is 2.13 bits per heavy atom. The third-order valence-electron chi connectivity index (χ3n) is 5.06. The monoisotopic (exact) mass is 436 g/mol. The lowest BCUT2D eigenvalue weighted by Gasteiger charge is -2.21. The predicted molar refractivity (Wildman–Crippen MR) is 125 cm³/mol. The van der Waals surface area contributed by atoms with Gasteiger partial charge in [-0.1, -0.05) is 69.3 Å². The number of anilines is 1. The second kappa shape index (κ2) is 8.94. The van der Waals surface area contributed by atoms with Crippen LogP contribution in [-0.2, 0) is 15.4 Å². The van der Waals surface area contributed by atoms with E-state index in [1.165, 1.54) is 17.7 Å². The molecule has 0 saturated carbocycles. The number of carbonyl (C=O) groups is 1. The standard InChI is InChI=1S/C25H28N2O3S/c1-18(19-13-15-21(16-14-19)25(2,3)4)26-24(28)20-9-8-12-23(17-20)31(29,30)27-22-10-6-5-7-11-22/h5-18,27H,1-4H3,(H,26,28)/t18-/m1/s1. The smallest absolute Gasteiger partial charge is 0.261 e. The van der Waals surface area contributed by atoms with E-state index in [1.54, 1.807) is 42.5 Å². The van der Waals surface area contributed by atoms with Gasteiger partial charge in [-0.3, -0.25) is 9.52 Å². The molecule has 1 atom stereocenters. The summed E-state index contributed by atoms with van der Waals surface area (Å²) in [6.45, 7) is 8.37. The highest BCUT2D eigenvalue weighted by Crippen LogP contribution is 2.24. The SMILES string of the molecule is C[C@@H](NC(=O)c1cccc(S(=O)(=O)Nc2ccccc2)c1)c1ccc(C(C)(C)C)cc1. The van der Waals surface area contributed by atoms with Crippen LogP contribution in [0.3, 0.4) is 0 Å². The molecule has 0 fully saturated rings. The minimum Gasteiger partial charge on any atom is -0.346 e. The van der Waals surface area contributed by atoms with E-state index in [2.05, 4.69) is 42.9 Å². The van der Waals surface area contributed by atoms with E-state index in [9.17, 15) is 13.2 Å². The molecule has 3 rings (SSSR count). The van der Waals surface area contributed by atoms with Crippen LogP contribution in [0, 0.1) is 0 Å². The maximum absolute atomic E-state index is 12.8. The fourth-order valence-corrected chi connectivity index (χ4v) is 4.26. The molecule has 0 unspecified atom stereocenters. The Hall–Kier alpha value is -3.12. The molecular formula is C25H28N2O3S. The van der Waals surface area contributed by atoms with Crippen molar-refractivity contribution in [3.63, 3.8) is 0 Å². The summed E-state index contributed by atoms with van der Waals surface area (Å²) in [5, 5.41) is 2.94. The zero-order valence-corrected chi connectivity index (χ0v) is 19.0. The molecular weight excluding hydrogens is 408 g/mol. The normalized spacial score (nSPS) is 12.8. The molecule has 2 N–H and O–H groups in total. The maximum atomic E-state index is 12.8. The third-order valence-corrected chi connectivity index (χ3v) is 6.44. The zero-order chi connectivity index (χ0) is 22.6. The summed E-state index contributed by atoms with van der Waals surface area (Å²) < 4.78 is 27.9. The van der Waals surface area contributed by atoms with Crippen molar-refractivity contribution in [1.82, 2.24) is 5.32 Å². The first-order valence-electron chi connectivity index (χ1n) is 10.2. The number of benzene rings is 3. The fraction of sp³-hybridized carbons (Fsp3) is 0.240. The van der Waals surface area contributed by atoms with Crippen molar-refractivity contribution in [1.29, 1.82) is 0 Å². The van der Waals surface area contributed by atoms with Gasteiger partial charge in [0.2, 0.25) is 0 Å². The van der Waals surface area contributed by atoms with Crippen LogP contribution in [-0.4, -0.2) is 14.3 Å². The molecule has 0 aromatic heterocycles. The molecule has 0 spiro atoms. The molecule has 0 aliphatic heterocycles. The molecule has 3 aromatic carbocycles. The van der Waals surface area contributed by atoms with Crippen molar-refractivity contribution in [2.24, 2.45) is 0 Å². The van der Waals surface area contributed by atoms with Crippen molar-refractivity contribution in [2.75, 3.05) is 4.72 Å². The molecule has 0 radical (unpaired) electrons. The van der Waals surface area contributed by atoms with Gasteiger partial charge in [-0.2, -0.15) is 0 Å². The van der Waals surface area contributed by atoms with Crippen LogP contribution in [0.5, 0.6) is 0 Å². The van der Waals surface area contributed by atoms with Crippen LogP contribution in [0.15, 0.2) is 83.8 Å². The van der Waals surface area contributed by atoms with Crippen molar-refractivity contribution in [3.8, 4) is 0 Å². The van der Waals surface area contributed by atoms with E-state index >= 15 is 0 Å². The van der Waals surface area contributed by atoms with Crippen molar-refractivity contribution in [3.05, 3.63) is 95.6 Å². The Morgan fingerprint density at radius 1 is 0.871 bits per heavy atom. The second-order valence-corrected chi connectivity index (χ2v) is 10.2. The number of hydrogen-bond acceptors (Lipinski definition) is 3. The number of amides is 1. The van der Waals surface area contributed by atoms with Crippen molar-refractivity contribution in [2.45, 2.75) is 44.0 Å². The van der Waals surface area contributed by atoms with E-state index in [-0.39, 0.29) is 27.8 Å². The molecule has 0 aliphatic rings. The van der Waals surface area contributed by atoms with Crippen LogP contribution in [0.1, 0.15) is 55.2 Å². The average Bonchev–Trinajstić information content (AvgIpc) is 2.73. The highest BCUT2D eigenvalue weighted by molar-refractivity contribution is 7.92. The summed E-state index contributed by atoms with van der Waals surface area (Å²) in [6, 6.07) is 22.6. The number of hydrogen-bond donors (Lipinski definition) is 2. The first kappa shape index (κ1) is 22.6. The van der Waals surface area contributed by atoms with Crippen LogP contribution in [0.4, 0.5) is 5.69 Å². The van der Waals surface area contributed by atoms with Gasteiger partial charge < -0.3 is 5.32 Å². The van der Waals surface area contributed by atoms with Gasteiger partial charge in [0.15, 0.2) is 0 Å². The highest BCUT2D eigenvalue weighted by atomic mass is 32.2. The van der Waals surface area contributed by atoms with Gasteiger partial charge in [0, 0.05) is 11.3 Å². The average molecular weight is 437 g/mol. The summed E-state index contributed by atoms with van der Waals surface area (Å²) in [4.78, 5) is 12.8. The number of carbonyl (C=O) groups excluding carboxylic acids is 1. The van der Waals surface area contributed by atoms with Gasteiger partial charge in [-0.25, -0.2) is 8.42 Å². The summed E-state index contributed by atoms with van der Waals surface area (Å²) in [7, 11) is -3.80. The molecule has 1 amide bonds. The lowest BCUT2D eigenvalue weighted by molar-refractivity contribution is 0.0939. The van der Waals surface area contributed by atoms with Crippen molar-refractivity contribution < 1.29 is 13.2 Å².